The number of hydrogen-bond donors (Lipinski definition) is 1. The molecule has 0 spiro atoms. The van der Waals surface area contributed by atoms with Crippen LogP contribution in [0.25, 0.3) is 0 Å². The van der Waals surface area contributed by atoms with E-state index < -0.39 is 0 Å². The number of hydrogen-bond acceptors (Lipinski definition) is 2. The molecule has 0 amide bonds. The van der Waals surface area contributed by atoms with E-state index in [-0.39, 0.29) is 11.9 Å². The summed E-state index contributed by atoms with van der Waals surface area (Å²) in [5.74, 6) is 0.668. The lowest BCUT2D eigenvalue weighted by Gasteiger charge is -2.21. The summed E-state index contributed by atoms with van der Waals surface area (Å²) in [6, 6.07) is 12.8. The van der Waals surface area contributed by atoms with Gasteiger partial charge in [0.2, 0.25) is 0 Å². The molecule has 2 aromatic rings. The predicted octanol–water partition coefficient (Wildman–Crippen LogP) is 4.23. The van der Waals surface area contributed by atoms with Crippen molar-refractivity contribution in [2.45, 2.75) is 26.3 Å². The molecule has 0 heterocycles. The summed E-state index contributed by atoms with van der Waals surface area (Å²) < 4.78 is 19.4. The van der Waals surface area contributed by atoms with Crippen molar-refractivity contribution in [2.75, 3.05) is 13.7 Å². The van der Waals surface area contributed by atoms with Crippen LogP contribution < -0.4 is 10.1 Å². The Kier molecular flexibility index (Phi) is 5.34. The van der Waals surface area contributed by atoms with Gasteiger partial charge in [-0.1, -0.05) is 37.3 Å². The van der Waals surface area contributed by atoms with Crippen LogP contribution in [-0.4, -0.2) is 13.7 Å². The monoisotopic (exact) mass is 287 g/mol. The van der Waals surface area contributed by atoms with Crippen molar-refractivity contribution in [3.63, 3.8) is 0 Å². The van der Waals surface area contributed by atoms with E-state index in [1.54, 1.807) is 13.2 Å². The van der Waals surface area contributed by atoms with Crippen molar-refractivity contribution in [3.8, 4) is 5.75 Å². The highest BCUT2D eigenvalue weighted by atomic mass is 19.1. The van der Waals surface area contributed by atoms with Crippen LogP contribution in [0.1, 0.15) is 36.1 Å². The van der Waals surface area contributed by atoms with Crippen LogP contribution in [0.5, 0.6) is 5.75 Å². The van der Waals surface area contributed by atoms with Crippen LogP contribution in [-0.2, 0) is 0 Å². The molecule has 112 valence electrons. The molecule has 0 saturated carbocycles. The summed E-state index contributed by atoms with van der Waals surface area (Å²) in [4.78, 5) is 0. The second kappa shape index (κ2) is 7.23. The molecule has 21 heavy (non-hydrogen) atoms. The second-order valence-electron chi connectivity index (χ2n) is 5.14. The van der Waals surface area contributed by atoms with Crippen molar-refractivity contribution < 1.29 is 9.13 Å². The lowest BCUT2D eigenvalue weighted by Crippen LogP contribution is -2.24. The molecule has 2 nitrogen and oxygen atoms in total. The molecule has 0 aliphatic rings. The maximum Gasteiger partial charge on any atom is 0.128 e. The van der Waals surface area contributed by atoms with Gasteiger partial charge in [0, 0.05) is 5.56 Å². The average molecular weight is 287 g/mol. The minimum Gasteiger partial charge on any atom is -0.496 e. The fraction of sp³-hybridized carbons (Fsp3) is 0.333. The number of nitrogens with one attached hydrogen (secondary N) is 1. The standard InChI is InChI=1S/C18H22FNO/c1-4-11-20-18(15-7-5-6-8-16(15)19)14-9-10-17(21-3)13(2)12-14/h5-10,12,18,20H,4,11H2,1-3H3. The Morgan fingerprint density at radius 2 is 1.95 bits per heavy atom. The average Bonchev–Trinajstić information content (AvgIpc) is 2.49. The molecule has 0 aliphatic heterocycles. The van der Waals surface area contributed by atoms with E-state index in [0.717, 1.165) is 29.8 Å². The lowest BCUT2D eigenvalue weighted by molar-refractivity contribution is 0.411. The molecular weight excluding hydrogens is 265 g/mol. The van der Waals surface area contributed by atoms with Gasteiger partial charge in [0.15, 0.2) is 0 Å². The smallest absolute Gasteiger partial charge is 0.128 e. The number of benzene rings is 2. The quantitative estimate of drug-likeness (QED) is 0.858. The highest BCUT2D eigenvalue weighted by molar-refractivity contribution is 5.41. The van der Waals surface area contributed by atoms with Gasteiger partial charge in [-0.15, -0.1) is 0 Å². The highest BCUT2D eigenvalue weighted by Crippen LogP contribution is 2.28. The topological polar surface area (TPSA) is 21.3 Å². The Morgan fingerprint density at radius 1 is 1.19 bits per heavy atom. The van der Waals surface area contributed by atoms with Gasteiger partial charge >= 0.3 is 0 Å². The van der Waals surface area contributed by atoms with Crippen LogP contribution >= 0.6 is 0 Å². The molecule has 1 N–H and O–H groups in total. The normalized spacial score (nSPS) is 12.2. The first-order chi connectivity index (χ1) is 10.2. The molecule has 0 saturated heterocycles. The highest BCUT2D eigenvalue weighted by Gasteiger charge is 2.17. The fourth-order valence-electron chi connectivity index (χ4n) is 2.49. The number of methoxy groups -OCH3 is 1. The molecule has 0 fully saturated rings. The third-order valence-electron chi connectivity index (χ3n) is 3.57. The molecule has 3 heteroatoms. The SMILES string of the molecule is CCCNC(c1ccc(OC)c(C)c1)c1ccccc1F. The van der Waals surface area contributed by atoms with Gasteiger partial charge < -0.3 is 10.1 Å². The van der Waals surface area contributed by atoms with E-state index in [4.69, 9.17) is 4.74 Å². The van der Waals surface area contributed by atoms with Crippen LogP contribution in [0.2, 0.25) is 0 Å². The summed E-state index contributed by atoms with van der Waals surface area (Å²) in [6.45, 7) is 4.94. The zero-order chi connectivity index (χ0) is 15.2. The molecule has 1 unspecified atom stereocenters. The van der Waals surface area contributed by atoms with Crippen molar-refractivity contribution in [1.82, 2.24) is 5.32 Å². The molecule has 0 bridgehead atoms. The minimum absolute atomic E-state index is 0.143. The van der Waals surface area contributed by atoms with Crippen LogP contribution in [0.4, 0.5) is 4.39 Å². The Bertz CT molecular complexity index is 598. The predicted molar refractivity (Wildman–Crippen MR) is 84.3 cm³/mol. The lowest BCUT2D eigenvalue weighted by atomic mass is 9.96. The van der Waals surface area contributed by atoms with Gasteiger partial charge in [-0.3, -0.25) is 0 Å². The third kappa shape index (κ3) is 3.61. The van der Waals surface area contributed by atoms with Crippen molar-refractivity contribution in [1.29, 1.82) is 0 Å². The van der Waals surface area contributed by atoms with Gasteiger partial charge in [0.1, 0.15) is 11.6 Å². The van der Waals surface area contributed by atoms with Crippen molar-refractivity contribution in [3.05, 3.63) is 65.0 Å². The van der Waals surface area contributed by atoms with E-state index in [0.29, 0.717) is 5.56 Å². The van der Waals surface area contributed by atoms with Gasteiger partial charge in [0.25, 0.3) is 0 Å². The number of aryl methyl sites for hydroxylation is 1. The maximum atomic E-state index is 14.1. The first-order valence-corrected chi connectivity index (χ1v) is 7.29. The summed E-state index contributed by atoms with van der Waals surface area (Å²) in [5.41, 5.74) is 2.78. The van der Waals surface area contributed by atoms with Gasteiger partial charge in [0.05, 0.1) is 13.2 Å². The molecule has 0 radical (unpaired) electrons. The van der Waals surface area contributed by atoms with E-state index in [1.807, 2.05) is 31.2 Å². The van der Waals surface area contributed by atoms with Gasteiger partial charge in [-0.05, 0) is 43.1 Å². The zero-order valence-corrected chi connectivity index (χ0v) is 12.8. The third-order valence-corrected chi connectivity index (χ3v) is 3.57. The van der Waals surface area contributed by atoms with Crippen molar-refractivity contribution >= 4 is 0 Å². The Balaban J connectivity index is 2.40. The van der Waals surface area contributed by atoms with Crippen LogP contribution in [0.15, 0.2) is 42.5 Å². The maximum absolute atomic E-state index is 14.1. The van der Waals surface area contributed by atoms with E-state index >= 15 is 0 Å². The van der Waals surface area contributed by atoms with E-state index in [2.05, 4.69) is 18.3 Å². The van der Waals surface area contributed by atoms with E-state index in [9.17, 15) is 4.39 Å². The molecule has 2 aromatic carbocycles. The number of rotatable bonds is 6. The first-order valence-electron chi connectivity index (χ1n) is 7.29. The molecule has 0 aliphatic carbocycles. The molecular formula is C18H22FNO. The van der Waals surface area contributed by atoms with Gasteiger partial charge in [-0.25, -0.2) is 4.39 Å². The first kappa shape index (κ1) is 15.5. The fourth-order valence-corrected chi connectivity index (χ4v) is 2.49. The van der Waals surface area contributed by atoms with Crippen LogP contribution in [0, 0.1) is 12.7 Å². The largest absolute Gasteiger partial charge is 0.496 e. The summed E-state index contributed by atoms with van der Waals surface area (Å²) in [5, 5.41) is 3.43. The molecule has 2 rings (SSSR count). The molecule has 1 atom stereocenters. The van der Waals surface area contributed by atoms with Gasteiger partial charge in [-0.2, -0.15) is 0 Å². The summed E-state index contributed by atoms with van der Waals surface area (Å²) >= 11 is 0. The minimum atomic E-state index is -0.181. The van der Waals surface area contributed by atoms with Crippen LogP contribution in [0.3, 0.4) is 0 Å². The number of halogens is 1. The zero-order valence-electron chi connectivity index (χ0n) is 12.8. The Morgan fingerprint density at radius 3 is 2.57 bits per heavy atom. The summed E-state index contributed by atoms with van der Waals surface area (Å²) in [6.07, 6.45) is 1.00. The Hall–Kier alpha value is -1.87. The van der Waals surface area contributed by atoms with E-state index in [1.165, 1.54) is 6.07 Å². The molecule has 0 aromatic heterocycles. The second-order valence-corrected chi connectivity index (χ2v) is 5.14. The summed E-state index contributed by atoms with van der Waals surface area (Å²) in [7, 11) is 1.66. The van der Waals surface area contributed by atoms with Crippen molar-refractivity contribution in [2.24, 2.45) is 0 Å². The number of ether oxygens (including phenoxy) is 1. The Labute approximate surface area is 126 Å².